The highest BCUT2D eigenvalue weighted by Crippen LogP contribution is 2.23. The molecule has 0 aliphatic carbocycles. The van der Waals surface area contributed by atoms with Gasteiger partial charge in [-0.15, -0.1) is 0 Å². The van der Waals surface area contributed by atoms with Gasteiger partial charge in [-0.2, -0.15) is 11.8 Å². The summed E-state index contributed by atoms with van der Waals surface area (Å²) in [6, 6.07) is -0.304. The molecule has 1 aliphatic heterocycles. The van der Waals surface area contributed by atoms with Gasteiger partial charge in [0.05, 0.1) is 0 Å². The first-order valence-corrected chi connectivity index (χ1v) is 8.66. The number of hydrogen-bond donors (Lipinski definition) is 1. The van der Waals surface area contributed by atoms with Crippen LogP contribution in [0.15, 0.2) is 0 Å². The van der Waals surface area contributed by atoms with Gasteiger partial charge < -0.3 is 10.2 Å². The SMILES string of the molecule is CCSCCCN1C(=O)C(C)(C)NC(=O)C1CC(C)C. The van der Waals surface area contributed by atoms with E-state index in [0.717, 1.165) is 24.3 Å². The predicted molar refractivity (Wildman–Crippen MR) is 84.8 cm³/mol. The molecule has 1 saturated heterocycles. The fourth-order valence-electron chi connectivity index (χ4n) is 2.51. The Morgan fingerprint density at radius 2 is 2.00 bits per heavy atom. The highest BCUT2D eigenvalue weighted by Gasteiger charge is 2.44. The molecule has 1 fully saturated rings. The second kappa shape index (κ2) is 7.34. The molecular weight excluding hydrogens is 272 g/mol. The van der Waals surface area contributed by atoms with Crippen molar-refractivity contribution < 1.29 is 9.59 Å². The van der Waals surface area contributed by atoms with E-state index in [1.807, 2.05) is 11.8 Å². The maximum absolute atomic E-state index is 12.6. The highest BCUT2D eigenvalue weighted by molar-refractivity contribution is 7.99. The largest absolute Gasteiger partial charge is 0.340 e. The zero-order valence-electron chi connectivity index (χ0n) is 13.4. The normalized spacial score (nSPS) is 22.3. The molecule has 0 aromatic rings. The Hall–Kier alpha value is -0.710. The van der Waals surface area contributed by atoms with Crippen LogP contribution in [0, 0.1) is 5.92 Å². The van der Waals surface area contributed by atoms with E-state index in [0.29, 0.717) is 12.5 Å². The molecule has 0 saturated carbocycles. The van der Waals surface area contributed by atoms with Gasteiger partial charge in [-0.05, 0) is 44.1 Å². The van der Waals surface area contributed by atoms with Gasteiger partial charge in [-0.3, -0.25) is 9.59 Å². The minimum atomic E-state index is -0.775. The van der Waals surface area contributed by atoms with E-state index in [4.69, 9.17) is 0 Å². The molecule has 20 heavy (non-hydrogen) atoms. The number of hydrogen-bond acceptors (Lipinski definition) is 3. The minimum Gasteiger partial charge on any atom is -0.340 e. The Kier molecular flexibility index (Phi) is 6.37. The second-order valence-corrected chi connectivity index (χ2v) is 7.70. The lowest BCUT2D eigenvalue weighted by atomic mass is 9.92. The van der Waals surface area contributed by atoms with Crippen molar-refractivity contribution >= 4 is 23.6 Å². The quantitative estimate of drug-likeness (QED) is 0.734. The van der Waals surface area contributed by atoms with Crippen molar-refractivity contribution in [2.24, 2.45) is 5.92 Å². The average molecular weight is 300 g/mol. The number of rotatable bonds is 7. The molecule has 1 heterocycles. The van der Waals surface area contributed by atoms with Crippen LogP contribution in [0.4, 0.5) is 0 Å². The molecule has 5 heteroatoms. The summed E-state index contributed by atoms with van der Waals surface area (Å²) in [5.41, 5.74) is -0.775. The maximum Gasteiger partial charge on any atom is 0.248 e. The molecule has 116 valence electrons. The highest BCUT2D eigenvalue weighted by atomic mass is 32.2. The number of carbonyl (C=O) groups excluding carboxylic acids is 2. The van der Waals surface area contributed by atoms with Gasteiger partial charge in [0.1, 0.15) is 11.6 Å². The average Bonchev–Trinajstić information content (AvgIpc) is 2.34. The molecule has 1 unspecified atom stereocenters. The van der Waals surface area contributed by atoms with E-state index in [1.54, 1.807) is 18.7 Å². The van der Waals surface area contributed by atoms with Crippen LogP contribution in [0.1, 0.15) is 47.5 Å². The Balaban J connectivity index is 2.77. The van der Waals surface area contributed by atoms with Gasteiger partial charge in [0.2, 0.25) is 11.8 Å². The lowest BCUT2D eigenvalue weighted by Gasteiger charge is -2.43. The lowest BCUT2D eigenvalue weighted by molar-refractivity contribution is -0.154. The van der Waals surface area contributed by atoms with Gasteiger partial charge in [-0.25, -0.2) is 0 Å². The molecule has 1 aliphatic rings. The fraction of sp³-hybridized carbons (Fsp3) is 0.867. The van der Waals surface area contributed by atoms with E-state index >= 15 is 0 Å². The molecule has 4 nitrogen and oxygen atoms in total. The van der Waals surface area contributed by atoms with Crippen LogP contribution in [0.5, 0.6) is 0 Å². The van der Waals surface area contributed by atoms with Gasteiger partial charge in [0.25, 0.3) is 0 Å². The number of carbonyl (C=O) groups is 2. The summed E-state index contributed by atoms with van der Waals surface area (Å²) in [6.45, 7) is 10.6. The van der Waals surface area contributed by atoms with Crippen molar-refractivity contribution in [3.05, 3.63) is 0 Å². The van der Waals surface area contributed by atoms with Crippen LogP contribution in [0.2, 0.25) is 0 Å². The van der Waals surface area contributed by atoms with Crippen molar-refractivity contribution in [2.45, 2.75) is 59.0 Å². The van der Waals surface area contributed by atoms with Crippen LogP contribution in [-0.2, 0) is 9.59 Å². The Bertz CT molecular complexity index is 356. The fourth-order valence-corrected chi connectivity index (χ4v) is 3.13. The van der Waals surface area contributed by atoms with E-state index in [1.165, 1.54) is 0 Å². The van der Waals surface area contributed by atoms with E-state index in [2.05, 4.69) is 26.1 Å². The summed E-state index contributed by atoms with van der Waals surface area (Å²) in [5, 5.41) is 2.86. The molecule has 2 amide bonds. The van der Waals surface area contributed by atoms with Gasteiger partial charge in [0, 0.05) is 6.54 Å². The monoisotopic (exact) mass is 300 g/mol. The van der Waals surface area contributed by atoms with Crippen molar-refractivity contribution in [1.82, 2.24) is 10.2 Å². The number of nitrogens with one attached hydrogen (secondary N) is 1. The molecule has 0 radical (unpaired) electrons. The maximum atomic E-state index is 12.6. The first kappa shape index (κ1) is 17.3. The van der Waals surface area contributed by atoms with E-state index in [-0.39, 0.29) is 17.9 Å². The van der Waals surface area contributed by atoms with Crippen molar-refractivity contribution in [3.8, 4) is 0 Å². The molecule has 1 rings (SSSR count). The Morgan fingerprint density at radius 1 is 1.35 bits per heavy atom. The Labute approximate surface area is 127 Å². The lowest BCUT2D eigenvalue weighted by Crippen LogP contribution is -2.68. The van der Waals surface area contributed by atoms with Gasteiger partial charge >= 0.3 is 0 Å². The third kappa shape index (κ3) is 4.40. The molecule has 0 aromatic carbocycles. The number of nitrogens with zero attached hydrogens (tertiary/aromatic N) is 1. The zero-order valence-corrected chi connectivity index (χ0v) is 14.2. The minimum absolute atomic E-state index is 0.00792. The summed E-state index contributed by atoms with van der Waals surface area (Å²) in [5.74, 6) is 2.56. The first-order chi connectivity index (χ1) is 9.29. The number of thioether (sulfide) groups is 1. The summed E-state index contributed by atoms with van der Waals surface area (Å²) in [4.78, 5) is 26.6. The predicted octanol–water partition coefficient (Wildman–Crippen LogP) is 2.28. The van der Waals surface area contributed by atoms with Crippen molar-refractivity contribution in [2.75, 3.05) is 18.1 Å². The van der Waals surface area contributed by atoms with Crippen LogP contribution < -0.4 is 5.32 Å². The van der Waals surface area contributed by atoms with Crippen molar-refractivity contribution in [1.29, 1.82) is 0 Å². The molecule has 0 bridgehead atoms. The first-order valence-electron chi connectivity index (χ1n) is 7.50. The molecular formula is C15H28N2O2S. The van der Waals surface area contributed by atoms with Gasteiger partial charge in [-0.1, -0.05) is 20.8 Å². The van der Waals surface area contributed by atoms with Crippen LogP contribution in [0.3, 0.4) is 0 Å². The smallest absolute Gasteiger partial charge is 0.248 e. The van der Waals surface area contributed by atoms with Gasteiger partial charge in [0.15, 0.2) is 0 Å². The van der Waals surface area contributed by atoms with Crippen LogP contribution in [-0.4, -0.2) is 46.3 Å². The molecule has 0 spiro atoms. The third-order valence-electron chi connectivity index (χ3n) is 3.50. The van der Waals surface area contributed by atoms with E-state index in [9.17, 15) is 9.59 Å². The third-order valence-corrected chi connectivity index (χ3v) is 4.48. The zero-order chi connectivity index (χ0) is 15.3. The standard InChI is InChI=1S/C15H28N2O2S/c1-6-20-9-7-8-17-12(10-11(2)3)13(18)16-15(4,5)14(17)19/h11-12H,6-10H2,1-5H3,(H,16,18). The second-order valence-electron chi connectivity index (χ2n) is 6.31. The number of amides is 2. The van der Waals surface area contributed by atoms with Crippen LogP contribution >= 0.6 is 11.8 Å². The topological polar surface area (TPSA) is 49.4 Å². The number of piperazine rings is 1. The summed E-state index contributed by atoms with van der Waals surface area (Å²) in [6.07, 6.45) is 1.68. The molecule has 0 aromatic heterocycles. The van der Waals surface area contributed by atoms with Crippen molar-refractivity contribution in [3.63, 3.8) is 0 Å². The van der Waals surface area contributed by atoms with E-state index < -0.39 is 5.54 Å². The van der Waals surface area contributed by atoms with Crippen LogP contribution in [0.25, 0.3) is 0 Å². The molecule has 1 atom stereocenters. The summed E-state index contributed by atoms with van der Waals surface area (Å²) < 4.78 is 0. The Morgan fingerprint density at radius 3 is 2.55 bits per heavy atom. The summed E-state index contributed by atoms with van der Waals surface area (Å²) >= 11 is 1.88. The molecule has 1 N–H and O–H groups in total. The summed E-state index contributed by atoms with van der Waals surface area (Å²) in [7, 11) is 0.